The van der Waals surface area contributed by atoms with Gasteiger partial charge in [0, 0.05) is 25.2 Å². The van der Waals surface area contributed by atoms with Crippen molar-refractivity contribution in [3.63, 3.8) is 0 Å². The van der Waals surface area contributed by atoms with Gasteiger partial charge in [0.25, 0.3) is 0 Å². The van der Waals surface area contributed by atoms with Gasteiger partial charge in [-0.05, 0) is 43.0 Å². The molecule has 1 heterocycles. The molecule has 1 saturated carbocycles. The SMILES string of the molecule is CCN(CC(=O)O)C1CC(NC(=O)N2CC=C(c3ccccc3C)C2)C1. The van der Waals surface area contributed by atoms with Crippen LogP contribution < -0.4 is 5.32 Å². The molecular weight excluding hydrogens is 330 g/mol. The van der Waals surface area contributed by atoms with E-state index in [1.165, 1.54) is 16.7 Å². The van der Waals surface area contributed by atoms with Gasteiger partial charge in [-0.3, -0.25) is 9.69 Å². The molecule has 0 bridgehead atoms. The summed E-state index contributed by atoms with van der Waals surface area (Å²) >= 11 is 0. The van der Waals surface area contributed by atoms with Gasteiger partial charge in [0.2, 0.25) is 0 Å². The van der Waals surface area contributed by atoms with Gasteiger partial charge in [-0.1, -0.05) is 37.3 Å². The van der Waals surface area contributed by atoms with Crippen LogP contribution in [0.5, 0.6) is 0 Å². The number of hydrogen-bond donors (Lipinski definition) is 2. The minimum absolute atomic E-state index is 0.0328. The Morgan fingerprint density at radius 3 is 2.69 bits per heavy atom. The number of hydrogen-bond acceptors (Lipinski definition) is 3. The van der Waals surface area contributed by atoms with Crippen LogP contribution in [0.3, 0.4) is 0 Å². The lowest BCUT2D eigenvalue weighted by molar-refractivity contribution is -0.139. The van der Waals surface area contributed by atoms with Gasteiger partial charge in [0.15, 0.2) is 0 Å². The summed E-state index contributed by atoms with van der Waals surface area (Å²) in [6.07, 6.45) is 3.76. The molecule has 1 aliphatic heterocycles. The Kier molecular flexibility index (Phi) is 5.61. The summed E-state index contributed by atoms with van der Waals surface area (Å²) in [5, 5.41) is 12.0. The van der Waals surface area contributed by atoms with Crippen LogP contribution in [0, 0.1) is 6.92 Å². The molecule has 0 aromatic heterocycles. The Morgan fingerprint density at radius 1 is 1.31 bits per heavy atom. The Balaban J connectivity index is 1.46. The highest BCUT2D eigenvalue weighted by molar-refractivity contribution is 5.81. The number of nitrogens with zero attached hydrogens (tertiary/aromatic N) is 2. The molecule has 1 aliphatic carbocycles. The van der Waals surface area contributed by atoms with Crippen LogP contribution in [0.1, 0.15) is 30.9 Å². The molecule has 3 rings (SSSR count). The van der Waals surface area contributed by atoms with Crippen molar-refractivity contribution in [1.29, 1.82) is 0 Å². The van der Waals surface area contributed by atoms with Gasteiger partial charge < -0.3 is 15.3 Å². The predicted molar refractivity (Wildman–Crippen MR) is 101 cm³/mol. The molecule has 26 heavy (non-hydrogen) atoms. The smallest absolute Gasteiger partial charge is 0.318 e. The summed E-state index contributed by atoms with van der Waals surface area (Å²) in [5.41, 5.74) is 3.63. The standard InChI is InChI=1S/C20H27N3O3/c1-3-22(13-19(24)25)17-10-16(11-17)21-20(26)23-9-8-15(12-23)18-7-5-4-6-14(18)2/h4-8,16-17H,3,9-13H2,1-2H3,(H,21,26)(H,24,25). The van der Waals surface area contributed by atoms with Gasteiger partial charge in [0.1, 0.15) is 0 Å². The molecule has 0 spiro atoms. The molecule has 6 heteroatoms. The van der Waals surface area contributed by atoms with E-state index in [1.807, 2.05) is 28.9 Å². The summed E-state index contributed by atoms with van der Waals surface area (Å²) in [6.45, 7) is 6.10. The maximum absolute atomic E-state index is 12.5. The number of carbonyl (C=O) groups is 2. The van der Waals surface area contributed by atoms with Crippen LogP contribution in [0.2, 0.25) is 0 Å². The molecule has 0 saturated heterocycles. The fraction of sp³-hybridized carbons (Fsp3) is 0.500. The summed E-state index contributed by atoms with van der Waals surface area (Å²) in [6, 6.07) is 8.59. The number of likely N-dealkylation sites (N-methyl/N-ethyl adjacent to an activating group) is 1. The third-order valence-corrected chi connectivity index (χ3v) is 5.40. The monoisotopic (exact) mass is 357 g/mol. The maximum atomic E-state index is 12.5. The minimum atomic E-state index is -0.800. The Bertz CT molecular complexity index is 710. The second-order valence-corrected chi connectivity index (χ2v) is 7.15. The quantitative estimate of drug-likeness (QED) is 0.820. The van der Waals surface area contributed by atoms with E-state index in [4.69, 9.17) is 5.11 Å². The number of urea groups is 1. The number of rotatable bonds is 6. The Labute approximate surface area is 154 Å². The molecule has 2 aliphatic rings. The van der Waals surface area contributed by atoms with Crippen LogP contribution in [0.25, 0.3) is 5.57 Å². The van der Waals surface area contributed by atoms with E-state index in [-0.39, 0.29) is 24.7 Å². The van der Waals surface area contributed by atoms with Crippen molar-refractivity contribution >= 4 is 17.6 Å². The number of nitrogens with one attached hydrogen (secondary N) is 1. The van der Waals surface area contributed by atoms with Crippen LogP contribution in [0.15, 0.2) is 30.3 Å². The van der Waals surface area contributed by atoms with E-state index in [0.717, 1.165) is 12.8 Å². The van der Waals surface area contributed by atoms with Crippen LogP contribution in [-0.2, 0) is 4.79 Å². The molecule has 6 nitrogen and oxygen atoms in total. The van der Waals surface area contributed by atoms with E-state index in [1.54, 1.807) is 0 Å². The number of carbonyl (C=O) groups excluding carboxylic acids is 1. The van der Waals surface area contributed by atoms with Gasteiger partial charge in [-0.2, -0.15) is 0 Å². The van der Waals surface area contributed by atoms with Crippen LogP contribution >= 0.6 is 0 Å². The summed E-state index contributed by atoms with van der Waals surface area (Å²) in [4.78, 5) is 27.2. The van der Waals surface area contributed by atoms with Crippen molar-refractivity contribution < 1.29 is 14.7 Å². The third kappa shape index (κ3) is 4.07. The Morgan fingerprint density at radius 2 is 2.04 bits per heavy atom. The topological polar surface area (TPSA) is 72.9 Å². The molecule has 1 aromatic carbocycles. The zero-order valence-electron chi connectivity index (χ0n) is 15.4. The van der Waals surface area contributed by atoms with Crippen molar-refractivity contribution in [2.24, 2.45) is 0 Å². The molecule has 2 N–H and O–H groups in total. The number of carboxylic acid groups (broad SMARTS) is 1. The van der Waals surface area contributed by atoms with Crippen molar-refractivity contribution in [2.45, 2.75) is 38.8 Å². The van der Waals surface area contributed by atoms with Crippen LogP contribution in [-0.4, -0.2) is 65.2 Å². The van der Waals surface area contributed by atoms with E-state index < -0.39 is 5.97 Å². The third-order valence-electron chi connectivity index (χ3n) is 5.40. The van der Waals surface area contributed by atoms with Gasteiger partial charge >= 0.3 is 12.0 Å². The summed E-state index contributed by atoms with van der Waals surface area (Å²) < 4.78 is 0. The largest absolute Gasteiger partial charge is 0.480 e. The van der Waals surface area contributed by atoms with Crippen molar-refractivity contribution in [2.75, 3.05) is 26.2 Å². The predicted octanol–water partition coefficient (Wildman–Crippen LogP) is 2.34. The normalized spacial score (nSPS) is 22.1. The van der Waals surface area contributed by atoms with E-state index in [2.05, 4.69) is 30.4 Å². The number of benzene rings is 1. The highest BCUT2D eigenvalue weighted by atomic mass is 16.4. The van der Waals surface area contributed by atoms with E-state index in [9.17, 15) is 9.59 Å². The molecule has 0 atom stereocenters. The number of amides is 2. The Hall–Kier alpha value is -2.34. The number of carboxylic acids is 1. The summed E-state index contributed by atoms with van der Waals surface area (Å²) in [7, 11) is 0. The first kappa shape index (κ1) is 18.5. The summed E-state index contributed by atoms with van der Waals surface area (Å²) in [5.74, 6) is -0.800. The maximum Gasteiger partial charge on any atom is 0.318 e. The second kappa shape index (κ2) is 7.91. The fourth-order valence-electron chi connectivity index (χ4n) is 3.78. The zero-order chi connectivity index (χ0) is 18.7. The highest BCUT2D eigenvalue weighted by Crippen LogP contribution is 2.27. The van der Waals surface area contributed by atoms with Gasteiger partial charge in [0.05, 0.1) is 6.54 Å². The molecule has 140 valence electrons. The molecular formula is C20H27N3O3. The average molecular weight is 357 g/mol. The first-order valence-electron chi connectivity index (χ1n) is 9.24. The highest BCUT2D eigenvalue weighted by Gasteiger charge is 2.35. The van der Waals surface area contributed by atoms with Crippen molar-refractivity contribution in [3.05, 3.63) is 41.5 Å². The fourth-order valence-corrected chi connectivity index (χ4v) is 3.78. The zero-order valence-corrected chi connectivity index (χ0v) is 15.4. The van der Waals surface area contributed by atoms with Gasteiger partial charge in [-0.25, -0.2) is 4.79 Å². The van der Waals surface area contributed by atoms with Gasteiger partial charge in [-0.15, -0.1) is 0 Å². The van der Waals surface area contributed by atoms with Crippen molar-refractivity contribution in [1.82, 2.24) is 15.1 Å². The lowest BCUT2D eigenvalue weighted by atomic mass is 9.85. The number of aryl methyl sites for hydroxylation is 1. The first-order chi connectivity index (χ1) is 12.5. The van der Waals surface area contributed by atoms with Crippen LogP contribution in [0.4, 0.5) is 4.79 Å². The van der Waals surface area contributed by atoms with Crippen molar-refractivity contribution in [3.8, 4) is 0 Å². The molecule has 0 radical (unpaired) electrons. The minimum Gasteiger partial charge on any atom is -0.480 e. The molecule has 0 unspecified atom stereocenters. The molecule has 1 aromatic rings. The molecule has 1 fully saturated rings. The number of aliphatic carboxylic acids is 1. The lowest BCUT2D eigenvalue weighted by Crippen LogP contribution is -2.56. The second-order valence-electron chi connectivity index (χ2n) is 7.15. The average Bonchev–Trinajstić information content (AvgIpc) is 3.06. The molecule has 2 amide bonds. The lowest BCUT2D eigenvalue weighted by Gasteiger charge is -2.42. The van der Waals surface area contributed by atoms with E-state index in [0.29, 0.717) is 19.6 Å². The first-order valence-corrected chi connectivity index (χ1v) is 9.24. The van der Waals surface area contributed by atoms with E-state index >= 15 is 0 Å².